The Kier molecular flexibility index (Phi) is 5.50. The van der Waals surface area contributed by atoms with E-state index in [1.165, 1.54) is 0 Å². The number of aromatic nitrogens is 3. The van der Waals surface area contributed by atoms with Crippen molar-refractivity contribution in [2.75, 3.05) is 23.4 Å². The lowest BCUT2D eigenvalue weighted by atomic mass is 10.0. The second-order valence-corrected chi connectivity index (χ2v) is 6.70. The van der Waals surface area contributed by atoms with Crippen LogP contribution in [0, 0.1) is 0 Å². The summed E-state index contributed by atoms with van der Waals surface area (Å²) in [5.41, 5.74) is 1.41. The molecule has 3 heterocycles. The summed E-state index contributed by atoms with van der Waals surface area (Å²) < 4.78 is 2.52. The van der Waals surface area contributed by atoms with Crippen molar-refractivity contribution < 1.29 is 5.11 Å². The zero-order chi connectivity index (χ0) is 17.8. The Labute approximate surface area is 154 Å². The maximum absolute atomic E-state index is 9.72. The standard InChI is InChI=1S/C17H21BrN6O/c1-3-12(9-19-2)21-16-8-15(22-17-14(18)10-20-24(16)17)23-7-5-4-6-13(23)11-25/h3,8-10,13,21,25H,1-2,4-7,11H2/b12-9+. The zero-order valence-electron chi connectivity index (χ0n) is 13.9. The minimum atomic E-state index is 0.0857. The quantitative estimate of drug-likeness (QED) is 0.571. The smallest absolute Gasteiger partial charge is 0.173 e. The number of aliphatic imine (C=N–C) groups is 1. The lowest BCUT2D eigenvalue weighted by Gasteiger charge is -2.35. The molecule has 1 fully saturated rings. The van der Waals surface area contributed by atoms with Gasteiger partial charge in [-0.3, -0.25) is 4.99 Å². The van der Waals surface area contributed by atoms with Gasteiger partial charge in [-0.2, -0.15) is 9.61 Å². The van der Waals surface area contributed by atoms with Gasteiger partial charge in [0.25, 0.3) is 0 Å². The minimum absolute atomic E-state index is 0.0857. The topological polar surface area (TPSA) is 78.0 Å². The molecule has 0 radical (unpaired) electrons. The number of rotatable bonds is 6. The van der Waals surface area contributed by atoms with Crippen LogP contribution in [0.2, 0.25) is 0 Å². The van der Waals surface area contributed by atoms with Crippen molar-refractivity contribution in [2.24, 2.45) is 4.99 Å². The molecule has 2 aromatic heterocycles. The number of hydrogen-bond donors (Lipinski definition) is 2. The number of nitrogens with zero attached hydrogens (tertiary/aromatic N) is 5. The van der Waals surface area contributed by atoms with E-state index in [0.29, 0.717) is 11.3 Å². The number of allylic oxidation sites excluding steroid dienone is 1. The van der Waals surface area contributed by atoms with Crippen LogP contribution in [-0.4, -0.2) is 45.6 Å². The molecule has 1 unspecified atom stereocenters. The largest absolute Gasteiger partial charge is 0.394 e. The van der Waals surface area contributed by atoms with Crippen LogP contribution in [0.15, 0.2) is 46.3 Å². The van der Waals surface area contributed by atoms with E-state index in [1.807, 2.05) is 6.07 Å². The summed E-state index contributed by atoms with van der Waals surface area (Å²) >= 11 is 3.50. The fraction of sp³-hybridized carbons (Fsp3) is 0.353. The highest BCUT2D eigenvalue weighted by Crippen LogP contribution is 2.29. The maximum Gasteiger partial charge on any atom is 0.173 e. The van der Waals surface area contributed by atoms with Gasteiger partial charge in [0, 0.05) is 18.8 Å². The van der Waals surface area contributed by atoms with E-state index in [9.17, 15) is 5.11 Å². The molecule has 7 nitrogen and oxygen atoms in total. The Hall–Kier alpha value is -2.19. The molecular formula is C17H21BrN6O. The van der Waals surface area contributed by atoms with Crippen LogP contribution in [0.4, 0.5) is 11.6 Å². The predicted molar refractivity (Wildman–Crippen MR) is 104 cm³/mol. The SMILES string of the molecule is C=C/C(=C\N=C)Nc1cc(N2CCCCC2CO)nc2c(Br)cnn12. The predicted octanol–water partition coefficient (Wildman–Crippen LogP) is 2.98. The number of anilines is 2. The van der Waals surface area contributed by atoms with Gasteiger partial charge in [-0.1, -0.05) is 6.58 Å². The number of fused-ring (bicyclic) bond motifs is 1. The van der Waals surface area contributed by atoms with Crippen molar-refractivity contribution in [1.29, 1.82) is 0 Å². The molecule has 2 aromatic rings. The molecule has 1 saturated heterocycles. The van der Waals surface area contributed by atoms with Gasteiger partial charge < -0.3 is 15.3 Å². The number of aliphatic hydroxyl groups excluding tert-OH is 1. The summed E-state index contributed by atoms with van der Waals surface area (Å²) in [5, 5.41) is 17.3. The Morgan fingerprint density at radius 2 is 2.36 bits per heavy atom. The Balaban J connectivity index is 2.07. The van der Waals surface area contributed by atoms with E-state index < -0.39 is 0 Å². The van der Waals surface area contributed by atoms with Crippen LogP contribution in [0.25, 0.3) is 5.65 Å². The highest BCUT2D eigenvalue weighted by atomic mass is 79.9. The first-order valence-electron chi connectivity index (χ1n) is 8.15. The second kappa shape index (κ2) is 7.79. The maximum atomic E-state index is 9.72. The Morgan fingerprint density at radius 1 is 1.52 bits per heavy atom. The van der Waals surface area contributed by atoms with Crippen LogP contribution < -0.4 is 10.2 Å². The van der Waals surface area contributed by atoms with Crippen LogP contribution in [0.3, 0.4) is 0 Å². The molecule has 0 aromatic carbocycles. The molecule has 132 valence electrons. The minimum Gasteiger partial charge on any atom is -0.394 e. The molecule has 3 rings (SSSR count). The zero-order valence-corrected chi connectivity index (χ0v) is 15.5. The molecule has 25 heavy (non-hydrogen) atoms. The van der Waals surface area contributed by atoms with Gasteiger partial charge >= 0.3 is 0 Å². The lowest BCUT2D eigenvalue weighted by molar-refractivity contribution is 0.239. The van der Waals surface area contributed by atoms with Gasteiger partial charge in [-0.05, 0) is 48.0 Å². The fourth-order valence-corrected chi connectivity index (χ4v) is 3.38. The summed E-state index contributed by atoms with van der Waals surface area (Å²) in [6.07, 6.45) is 8.14. The van der Waals surface area contributed by atoms with Gasteiger partial charge in [-0.25, -0.2) is 4.98 Å². The second-order valence-electron chi connectivity index (χ2n) is 5.85. The fourth-order valence-electron chi connectivity index (χ4n) is 3.03. The van der Waals surface area contributed by atoms with E-state index in [-0.39, 0.29) is 12.6 Å². The highest BCUT2D eigenvalue weighted by molar-refractivity contribution is 9.10. The third-order valence-corrected chi connectivity index (χ3v) is 4.83. The molecular weight excluding hydrogens is 384 g/mol. The molecule has 1 aliphatic rings. The average Bonchev–Trinajstić information content (AvgIpc) is 3.02. The van der Waals surface area contributed by atoms with Crippen molar-refractivity contribution in [3.63, 3.8) is 0 Å². The summed E-state index contributed by atoms with van der Waals surface area (Å²) in [6.45, 7) is 8.25. The van der Waals surface area contributed by atoms with Crippen molar-refractivity contribution in [1.82, 2.24) is 14.6 Å². The molecule has 0 aliphatic carbocycles. The number of halogens is 1. The van der Waals surface area contributed by atoms with E-state index >= 15 is 0 Å². The van der Waals surface area contributed by atoms with Gasteiger partial charge in [-0.15, -0.1) is 0 Å². The summed E-state index contributed by atoms with van der Waals surface area (Å²) in [4.78, 5) is 10.7. The number of aliphatic hydroxyl groups is 1. The molecule has 1 aliphatic heterocycles. The Morgan fingerprint density at radius 3 is 3.08 bits per heavy atom. The first-order chi connectivity index (χ1) is 12.2. The molecule has 8 heteroatoms. The van der Waals surface area contributed by atoms with Gasteiger partial charge in [0.15, 0.2) is 5.65 Å². The first kappa shape index (κ1) is 17.6. The van der Waals surface area contributed by atoms with Gasteiger partial charge in [0.2, 0.25) is 0 Å². The highest BCUT2D eigenvalue weighted by Gasteiger charge is 2.24. The number of nitrogens with one attached hydrogen (secondary N) is 1. The van der Waals surface area contributed by atoms with Crippen molar-refractivity contribution in [3.8, 4) is 0 Å². The summed E-state index contributed by atoms with van der Waals surface area (Å²) in [5.74, 6) is 1.55. The lowest BCUT2D eigenvalue weighted by Crippen LogP contribution is -2.42. The number of hydrogen-bond acceptors (Lipinski definition) is 6. The molecule has 0 saturated carbocycles. The van der Waals surface area contributed by atoms with E-state index in [1.54, 1.807) is 23.0 Å². The summed E-state index contributed by atoms with van der Waals surface area (Å²) in [7, 11) is 0. The van der Waals surface area contributed by atoms with Crippen LogP contribution in [0.1, 0.15) is 19.3 Å². The van der Waals surface area contributed by atoms with Crippen molar-refractivity contribution >= 4 is 39.9 Å². The number of piperidine rings is 1. The van der Waals surface area contributed by atoms with Crippen LogP contribution >= 0.6 is 15.9 Å². The molecule has 0 spiro atoms. The molecule has 2 N–H and O–H groups in total. The molecule has 0 bridgehead atoms. The van der Waals surface area contributed by atoms with E-state index in [4.69, 9.17) is 4.98 Å². The van der Waals surface area contributed by atoms with Crippen LogP contribution in [0.5, 0.6) is 0 Å². The van der Waals surface area contributed by atoms with E-state index in [0.717, 1.165) is 41.9 Å². The van der Waals surface area contributed by atoms with Crippen molar-refractivity contribution in [2.45, 2.75) is 25.3 Å². The normalized spacial score (nSPS) is 18.4. The first-order valence-corrected chi connectivity index (χ1v) is 8.94. The summed E-state index contributed by atoms with van der Waals surface area (Å²) in [6, 6.07) is 2.02. The van der Waals surface area contributed by atoms with Gasteiger partial charge in [0.05, 0.1) is 29.0 Å². The van der Waals surface area contributed by atoms with Gasteiger partial charge in [0.1, 0.15) is 11.6 Å². The van der Waals surface area contributed by atoms with E-state index in [2.05, 4.69) is 49.5 Å². The van der Waals surface area contributed by atoms with Crippen molar-refractivity contribution in [3.05, 3.63) is 41.3 Å². The third-order valence-electron chi connectivity index (χ3n) is 4.27. The average molecular weight is 405 g/mol. The third kappa shape index (κ3) is 3.59. The molecule has 0 amide bonds. The van der Waals surface area contributed by atoms with Crippen LogP contribution in [-0.2, 0) is 0 Å². The molecule has 1 atom stereocenters. The monoisotopic (exact) mass is 404 g/mol. The Bertz CT molecular complexity index is 815.